The molecule has 0 aliphatic carbocycles. The van der Waals surface area contributed by atoms with Gasteiger partial charge in [0.1, 0.15) is 5.75 Å². The molecule has 0 spiro atoms. The first kappa shape index (κ1) is 16.5. The van der Waals surface area contributed by atoms with Crippen molar-refractivity contribution in [2.45, 2.75) is 40.2 Å². The second-order valence-corrected chi connectivity index (χ2v) is 4.85. The van der Waals surface area contributed by atoms with E-state index in [0.29, 0.717) is 19.8 Å². The molecule has 4 nitrogen and oxygen atoms in total. The third kappa shape index (κ3) is 5.61. The fraction of sp³-hybridized carbons (Fsp3) is 0.562. The Bertz CT molecular complexity index is 432. The molecule has 0 aliphatic heterocycles. The van der Waals surface area contributed by atoms with Gasteiger partial charge in [0, 0.05) is 19.8 Å². The van der Waals surface area contributed by atoms with E-state index >= 15 is 0 Å². The first-order valence-corrected chi connectivity index (χ1v) is 7.14. The van der Waals surface area contributed by atoms with Crippen molar-refractivity contribution in [1.82, 2.24) is 5.32 Å². The Hall–Kier alpha value is -1.55. The normalized spacial score (nSPS) is 12.0. The van der Waals surface area contributed by atoms with Gasteiger partial charge in [0.05, 0.1) is 0 Å². The number of aryl methyl sites for hydroxylation is 2. The maximum atomic E-state index is 11.9. The maximum Gasteiger partial charge on any atom is 0.260 e. The zero-order chi connectivity index (χ0) is 15.0. The third-order valence-electron chi connectivity index (χ3n) is 3.13. The fourth-order valence-corrected chi connectivity index (χ4v) is 1.72. The van der Waals surface area contributed by atoms with Crippen LogP contribution in [0.5, 0.6) is 5.75 Å². The molecular weight excluding hydrogens is 254 g/mol. The SMILES string of the molecule is CCOCCCNC(=O)[C@@H](C)Oc1ccc(C)c(C)c1. The predicted molar refractivity (Wildman–Crippen MR) is 80.1 cm³/mol. The van der Waals surface area contributed by atoms with Gasteiger partial charge in [-0.2, -0.15) is 0 Å². The van der Waals surface area contributed by atoms with E-state index in [2.05, 4.69) is 5.32 Å². The standard InChI is InChI=1S/C16H25NO3/c1-5-19-10-6-9-17-16(18)14(4)20-15-8-7-12(2)13(3)11-15/h7-8,11,14H,5-6,9-10H2,1-4H3,(H,17,18)/t14-/m1/s1. The molecule has 0 unspecified atom stereocenters. The van der Waals surface area contributed by atoms with Crippen molar-refractivity contribution >= 4 is 5.91 Å². The van der Waals surface area contributed by atoms with E-state index in [1.165, 1.54) is 5.56 Å². The number of amides is 1. The topological polar surface area (TPSA) is 47.6 Å². The summed E-state index contributed by atoms with van der Waals surface area (Å²) >= 11 is 0. The first-order valence-electron chi connectivity index (χ1n) is 7.14. The van der Waals surface area contributed by atoms with Crippen LogP contribution < -0.4 is 10.1 Å². The summed E-state index contributed by atoms with van der Waals surface area (Å²) in [6.45, 7) is 9.78. The molecule has 0 saturated carbocycles. The molecule has 20 heavy (non-hydrogen) atoms. The highest BCUT2D eigenvalue weighted by atomic mass is 16.5. The number of hydrogen-bond acceptors (Lipinski definition) is 3. The van der Waals surface area contributed by atoms with Crippen LogP contribution in [0.25, 0.3) is 0 Å². The summed E-state index contributed by atoms with van der Waals surface area (Å²) < 4.78 is 10.9. The molecule has 1 aromatic carbocycles. The summed E-state index contributed by atoms with van der Waals surface area (Å²) in [7, 11) is 0. The summed E-state index contributed by atoms with van der Waals surface area (Å²) in [5.41, 5.74) is 2.37. The van der Waals surface area contributed by atoms with Gasteiger partial charge in [-0.3, -0.25) is 4.79 Å². The monoisotopic (exact) mass is 279 g/mol. The first-order chi connectivity index (χ1) is 9.54. The summed E-state index contributed by atoms with van der Waals surface area (Å²) in [4.78, 5) is 11.9. The molecule has 0 heterocycles. The van der Waals surface area contributed by atoms with Crippen LogP contribution in [-0.2, 0) is 9.53 Å². The second kappa shape index (κ2) is 8.59. The molecule has 0 aromatic heterocycles. The van der Waals surface area contributed by atoms with Crippen molar-refractivity contribution < 1.29 is 14.3 Å². The minimum absolute atomic E-state index is 0.0975. The molecule has 0 bridgehead atoms. The van der Waals surface area contributed by atoms with Crippen molar-refractivity contribution in [1.29, 1.82) is 0 Å². The predicted octanol–water partition coefficient (Wildman–Crippen LogP) is 2.61. The molecule has 0 saturated heterocycles. The quantitative estimate of drug-likeness (QED) is 0.744. The van der Waals surface area contributed by atoms with Gasteiger partial charge < -0.3 is 14.8 Å². The van der Waals surface area contributed by atoms with Crippen molar-refractivity contribution in [3.8, 4) is 5.75 Å². The van der Waals surface area contributed by atoms with Gasteiger partial charge in [-0.05, 0) is 57.4 Å². The summed E-state index contributed by atoms with van der Waals surface area (Å²) in [5, 5.41) is 2.84. The zero-order valence-electron chi connectivity index (χ0n) is 12.9. The second-order valence-electron chi connectivity index (χ2n) is 4.85. The van der Waals surface area contributed by atoms with E-state index in [1.54, 1.807) is 6.92 Å². The lowest BCUT2D eigenvalue weighted by atomic mass is 10.1. The van der Waals surface area contributed by atoms with Gasteiger partial charge in [0.2, 0.25) is 0 Å². The van der Waals surface area contributed by atoms with Crippen molar-refractivity contribution in [2.24, 2.45) is 0 Å². The molecule has 1 amide bonds. The van der Waals surface area contributed by atoms with E-state index in [-0.39, 0.29) is 5.91 Å². The largest absolute Gasteiger partial charge is 0.481 e. The smallest absolute Gasteiger partial charge is 0.260 e. The Morgan fingerprint density at radius 2 is 2.05 bits per heavy atom. The highest BCUT2D eigenvalue weighted by Crippen LogP contribution is 2.17. The number of ether oxygens (including phenoxy) is 2. The molecule has 1 N–H and O–H groups in total. The third-order valence-corrected chi connectivity index (χ3v) is 3.13. The van der Waals surface area contributed by atoms with Crippen LogP contribution in [0.4, 0.5) is 0 Å². The molecule has 0 aliphatic rings. The summed E-state index contributed by atoms with van der Waals surface area (Å²) in [5.74, 6) is 0.629. The van der Waals surface area contributed by atoms with E-state index < -0.39 is 6.10 Å². The van der Waals surface area contributed by atoms with Gasteiger partial charge in [0.15, 0.2) is 6.10 Å². The minimum atomic E-state index is -0.496. The number of carbonyl (C=O) groups is 1. The number of benzene rings is 1. The highest BCUT2D eigenvalue weighted by molar-refractivity contribution is 5.80. The van der Waals surface area contributed by atoms with E-state index in [1.807, 2.05) is 39.0 Å². The van der Waals surface area contributed by atoms with Gasteiger partial charge in [0.25, 0.3) is 5.91 Å². The van der Waals surface area contributed by atoms with Crippen molar-refractivity contribution in [2.75, 3.05) is 19.8 Å². The molecule has 1 aromatic rings. The Labute approximate surface area is 121 Å². The van der Waals surface area contributed by atoms with Gasteiger partial charge in [-0.1, -0.05) is 6.07 Å². The van der Waals surface area contributed by atoms with Crippen LogP contribution in [0.3, 0.4) is 0 Å². The average Bonchev–Trinajstić information content (AvgIpc) is 2.42. The van der Waals surface area contributed by atoms with E-state index in [0.717, 1.165) is 17.7 Å². The van der Waals surface area contributed by atoms with Crippen LogP contribution in [0.15, 0.2) is 18.2 Å². The number of nitrogens with one attached hydrogen (secondary N) is 1. The van der Waals surface area contributed by atoms with Crippen LogP contribution >= 0.6 is 0 Å². The number of carbonyl (C=O) groups excluding carboxylic acids is 1. The molecule has 0 radical (unpaired) electrons. The molecule has 112 valence electrons. The summed E-state index contributed by atoms with van der Waals surface area (Å²) in [6, 6.07) is 5.84. The van der Waals surface area contributed by atoms with Crippen LogP contribution in [0, 0.1) is 13.8 Å². The van der Waals surface area contributed by atoms with Crippen LogP contribution in [0.2, 0.25) is 0 Å². The Balaban J connectivity index is 2.35. The van der Waals surface area contributed by atoms with Gasteiger partial charge in [-0.25, -0.2) is 0 Å². The molecular formula is C16H25NO3. The lowest BCUT2D eigenvalue weighted by molar-refractivity contribution is -0.127. The van der Waals surface area contributed by atoms with Crippen LogP contribution in [-0.4, -0.2) is 31.8 Å². The molecule has 4 heteroatoms. The minimum Gasteiger partial charge on any atom is -0.481 e. The average molecular weight is 279 g/mol. The lowest BCUT2D eigenvalue weighted by Crippen LogP contribution is -2.37. The zero-order valence-corrected chi connectivity index (χ0v) is 12.9. The highest BCUT2D eigenvalue weighted by Gasteiger charge is 2.14. The summed E-state index contributed by atoms with van der Waals surface area (Å²) in [6.07, 6.45) is 0.319. The maximum absolute atomic E-state index is 11.9. The molecule has 0 fully saturated rings. The fourth-order valence-electron chi connectivity index (χ4n) is 1.72. The Morgan fingerprint density at radius 3 is 2.70 bits per heavy atom. The van der Waals surface area contributed by atoms with Gasteiger partial charge in [-0.15, -0.1) is 0 Å². The van der Waals surface area contributed by atoms with Crippen LogP contribution in [0.1, 0.15) is 31.4 Å². The lowest BCUT2D eigenvalue weighted by Gasteiger charge is -2.15. The molecule has 1 rings (SSSR count). The Kier molecular flexibility index (Phi) is 7.09. The number of rotatable bonds is 8. The van der Waals surface area contributed by atoms with Gasteiger partial charge >= 0.3 is 0 Å². The Morgan fingerprint density at radius 1 is 1.30 bits per heavy atom. The number of hydrogen-bond donors (Lipinski definition) is 1. The molecule has 1 atom stereocenters. The van der Waals surface area contributed by atoms with E-state index in [9.17, 15) is 4.79 Å². The van der Waals surface area contributed by atoms with E-state index in [4.69, 9.17) is 9.47 Å². The van der Waals surface area contributed by atoms with Crippen molar-refractivity contribution in [3.63, 3.8) is 0 Å². The van der Waals surface area contributed by atoms with Crippen molar-refractivity contribution in [3.05, 3.63) is 29.3 Å².